The lowest BCUT2D eigenvalue weighted by molar-refractivity contribution is -0.145. The molecule has 1 amide bonds. The topological polar surface area (TPSA) is 66.8 Å². The van der Waals surface area contributed by atoms with Crippen LogP contribution in [0.25, 0.3) is 0 Å². The van der Waals surface area contributed by atoms with Crippen molar-refractivity contribution in [3.05, 3.63) is 0 Å². The maximum absolute atomic E-state index is 11.9. The van der Waals surface area contributed by atoms with E-state index in [9.17, 15) is 14.7 Å². The Balaban J connectivity index is 2.02. The Bertz CT molecular complexity index is 318. The van der Waals surface area contributed by atoms with Gasteiger partial charge >= 0.3 is 5.97 Å². The highest BCUT2D eigenvalue weighted by Gasteiger charge is 2.41. The van der Waals surface area contributed by atoms with Gasteiger partial charge in [0.25, 0.3) is 0 Å². The maximum atomic E-state index is 11.9. The zero-order chi connectivity index (χ0) is 12.4. The molecule has 17 heavy (non-hydrogen) atoms. The number of carbonyl (C=O) groups excluding carboxylic acids is 2. The molecule has 1 aliphatic heterocycles. The van der Waals surface area contributed by atoms with E-state index >= 15 is 0 Å². The van der Waals surface area contributed by atoms with E-state index in [0.717, 1.165) is 25.7 Å². The van der Waals surface area contributed by atoms with Crippen LogP contribution in [0.2, 0.25) is 0 Å². The molecule has 0 radical (unpaired) electrons. The van der Waals surface area contributed by atoms with Crippen LogP contribution >= 0.6 is 0 Å². The van der Waals surface area contributed by atoms with Gasteiger partial charge in [0, 0.05) is 13.0 Å². The molecule has 2 rings (SSSR count). The molecule has 5 nitrogen and oxygen atoms in total. The summed E-state index contributed by atoms with van der Waals surface area (Å²) in [6.45, 7) is 0.396. The minimum Gasteiger partial charge on any atom is -0.469 e. The summed E-state index contributed by atoms with van der Waals surface area (Å²) in [5.41, 5.74) is 0. The summed E-state index contributed by atoms with van der Waals surface area (Å²) in [6, 6.07) is -0.106. The minimum atomic E-state index is -0.441. The summed E-state index contributed by atoms with van der Waals surface area (Å²) in [7, 11) is 1.34. The van der Waals surface area contributed by atoms with Crippen molar-refractivity contribution >= 4 is 11.9 Å². The fourth-order valence-corrected chi connectivity index (χ4v) is 2.83. The molecule has 1 saturated heterocycles. The van der Waals surface area contributed by atoms with Gasteiger partial charge in [-0.25, -0.2) is 0 Å². The smallest absolute Gasteiger partial charge is 0.310 e. The van der Waals surface area contributed by atoms with Crippen molar-refractivity contribution in [2.45, 2.75) is 44.2 Å². The van der Waals surface area contributed by atoms with Crippen LogP contribution in [0.3, 0.4) is 0 Å². The van der Waals surface area contributed by atoms with Gasteiger partial charge in [-0.1, -0.05) is 12.8 Å². The number of amides is 1. The number of ether oxygens (including phenoxy) is 1. The number of hydrogen-bond donors (Lipinski definition) is 1. The average Bonchev–Trinajstić information content (AvgIpc) is 2.71. The number of esters is 1. The summed E-state index contributed by atoms with van der Waals surface area (Å²) in [5.74, 6) is -0.723. The lowest BCUT2D eigenvalue weighted by Crippen LogP contribution is -2.46. The van der Waals surface area contributed by atoms with Gasteiger partial charge in [-0.3, -0.25) is 9.59 Å². The van der Waals surface area contributed by atoms with Gasteiger partial charge in [0.2, 0.25) is 5.91 Å². The summed E-state index contributed by atoms with van der Waals surface area (Å²) < 4.78 is 4.66. The molecule has 2 aliphatic rings. The monoisotopic (exact) mass is 241 g/mol. The zero-order valence-electron chi connectivity index (χ0n) is 10.1. The third-order valence-corrected chi connectivity index (χ3v) is 3.79. The predicted octanol–water partition coefficient (Wildman–Crippen LogP) is 0.311. The van der Waals surface area contributed by atoms with Crippen LogP contribution in [-0.4, -0.2) is 47.7 Å². The maximum Gasteiger partial charge on any atom is 0.310 e. The van der Waals surface area contributed by atoms with Crippen LogP contribution in [0.1, 0.15) is 32.1 Å². The molecule has 1 heterocycles. The average molecular weight is 241 g/mol. The van der Waals surface area contributed by atoms with Gasteiger partial charge in [0.1, 0.15) is 0 Å². The largest absolute Gasteiger partial charge is 0.469 e. The molecule has 3 unspecified atom stereocenters. The summed E-state index contributed by atoms with van der Waals surface area (Å²) in [6.07, 6.45) is 3.41. The van der Waals surface area contributed by atoms with Crippen LogP contribution < -0.4 is 0 Å². The number of aliphatic hydroxyl groups excluding tert-OH is 1. The fourth-order valence-electron chi connectivity index (χ4n) is 2.83. The molecular weight excluding hydrogens is 222 g/mol. The van der Waals surface area contributed by atoms with Crippen LogP contribution in [0.5, 0.6) is 0 Å². The minimum absolute atomic E-state index is 0.0358. The quantitative estimate of drug-likeness (QED) is 0.707. The lowest BCUT2D eigenvalue weighted by Gasteiger charge is -2.35. The molecule has 1 aliphatic carbocycles. The van der Waals surface area contributed by atoms with E-state index in [-0.39, 0.29) is 30.3 Å². The van der Waals surface area contributed by atoms with Crippen molar-refractivity contribution in [1.82, 2.24) is 4.90 Å². The van der Waals surface area contributed by atoms with Crippen LogP contribution in [0, 0.1) is 5.92 Å². The number of rotatable bonds is 2. The molecule has 0 bridgehead atoms. The fraction of sp³-hybridized carbons (Fsp3) is 0.833. The van der Waals surface area contributed by atoms with Crippen LogP contribution in [-0.2, 0) is 14.3 Å². The Morgan fingerprint density at radius 1 is 1.41 bits per heavy atom. The molecule has 2 fully saturated rings. The molecule has 96 valence electrons. The van der Waals surface area contributed by atoms with E-state index in [2.05, 4.69) is 4.74 Å². The third-order valence-electron chi connectivity index (χ3n) is 3.79. The molecule has 0 spiro atoms. The molecule has 3 atom stereocenters. The van der Waals surface area contributed by atoms with Gasteiger partial charge in [-0.15, -0.1) is 0 Å². The Kier molecular flexibility index (Phi) is 3.66. The van der Waals surface area contributed by atoms with E-state index < -0.39 is 6.10 Å². The molecule has 0 aromatic heterocycles. The Morgan fingerprint density at radius 3 is 2.76 bits per heavy atom. The van der Waals surface area contributed by atoms with Crippen molar-refractivity contribution in [3.8, 4) is 0 Å². The molecule has 1 saturated carbocycles. The lowest BCUT2D eigenvalue weighted by atomic mass is 9.91. The Labute approximate surface area is 101 Å². The second-order valence-corrected chi connectivity index (χ2v) is 4.89. The summed E-state index contributed by atoms with van der Waals surface area (Å²) in [5, 5.41) is 9.92. The van der Waals surface area contributed by atoms with Gasteiger partial charge < -0.3 is 14.7 Å². The highest BCUT2D eigenvalue weighted by Crippen LogP contribution is 2.29. The van der Waals surface area contributed by atoms with Crippen molar-refractivity contribution in [3.63, 3.8) is 0 Å². The second kappa shape index (κ2) is 5.04. The van der Waals surface area contributed by atoms with E-state index in [1.54, 1.807) is 4.90 Å². The molecule has 1 N–H and O–H groups in total. The molecule has 0 aromatic carbocycles. The first kappa shape index (κ1) is 12.4. The van der Waals surface area contributed by atoms with Crippen molar-refractivity contribution in [2.75, 3.05) is 13.7 Å². The number of likely N-dealkylation sites (tertiary alicyclic amines) is 1. The predicted molar refractivity (Wildman–Crippen MR) is 60.1 cm³/mol. The van der Waals surface area contributed by atoms with Crippen molar-refractivity contribution in [1.29, 1.82) is 0 Å². The number of hydrogen-bond acceptors (Lipinski definition) is 4. The first-order chi connectivity index (χ1) is 8.13. The normalized spacial score (nSPS) is 33.9. The number of methoxy groups -OCH3 is 1. The van der Waals surface area contributed by atoms with E-state index in [1.807, 2.05) is 0 Å². The van der Waals surface area contributed by atoms with E-state index in [0.29, 0.717) is 6.54 Å². The standard InChI is InChI=1S/C12H19NO4/c1-17-12(16)8-6-11(15)13(7-8)9-4-2-3-5-10(9)14/h8-10,14H,2-7H2,1H3. The van der Waals surface area contributed by atoms with Gasteiger partial charge in [-0.05, 0) is 12.8 Å². The summed E-state index contributed by atoms with van der Waals surface area (Å²) in [4.78, 5) is 24.9. The van der Waals surface area contributed by atoms with Crippen LogP contribution in [0.4, 0.5) is 0 Å². The Morgan fingerprint density at radius 2 is 2.12 bits per heavy atom. The highest BCUT2D eigenvalue weighted by atomic mass is 16.5. The molecular formula is C12H19NO4. The first-order valence-corrected chi connectivity index (χ1v) is 6.19. The molecule has 5 heteroatoms. The SMILES string of the molecule is COC(=O)C1CC(=O)N(C2CCCCC2O)C1. The van der Waals surface area contributed by atoms with E-state index in [4.69, 9.17) is 0 Å². The third kappa shape index (κ3) is 2.44. The number of carbonyl (C=O) groups is 2. The number of aliphatic hydroxyl groups is 1. The number of nitrogens with zero attached hydrogens (tertiary/aromatic N) is 1. The highest BCUT2D eigenvalue weighted by molar-refractivity contribution is 5.87. The van der Waals surface area contributed by atoms with Gasteiger partial charge in [0.15, 0.2) is 0 Å². The molecule has 0 aromatic rings. The van der Waals surface area contributed by atoms with Gasteiger partial charge in [-0.2, -0.15) is 0 Å². The second-order valence-electron chi connectivity index (χ2n) is 4.89. The Hall–Kier alpha value is -1.10. The van der Waals surface area contributed by atoms with Crippen molar-refractivity contribution in [2.24, 2.45) is 5.92 Å². The first-order valence-electron chi connectivity index (χ1n) is 6.19. The summed E-state index contributed by atoms with van der Waals surface area (Å²) >= 11 is 0. The van der Waals surface area contributed by atoms with Gasteiger partial charge in [0.05, 0.1) is 25.2 Å². The van der Waals surface area contributed by atoms with Crippen molar-refractivity contribution < 1.29 is 19.4 Å². The zero-order valence-corrected chi connectivity index (χ0v) is 10.1. The van der Waals surface area contributed by atoms with Crippen LogP contribution in [0.15, 0.2) is 0 Å². The van der Waals surface area contributed by atoms with E-state index in [1.165, 1.54) is 7.11 Å².